The summed E-state index contributed by atoms with van der Waals surface area (Å²) in [5.74, 6) is 2.45. The molecule has 4 heteroatoms. The van der Waals surface area contributed by atoms with Crippen molar-refractivity contribution in [3.8, 4) is 11.5 Å². The number of thioether (sulfide) groups is 1. The third-order valence-corrected chi connectivity index (χ3v) is 3.87. The zero-order chi connectivity index (χ0) is 14.9. The molecule has 0 aromatic heterocycles. The highest BCUT2D eigenvalue weighted by Crippen LogP contribution is 2.29. The Morgan fingerprint density at radius 3 is 2.52 bits per heavy atom. The number of nitrogens with two attached hydrogens (primary N) is 1. The summed E-state index contributed by atoms with van der Waals surface area (Å²) in [6, 6.07) is 16.2. The quantitative estimate of drug-likeness (QED) is 0.596. The van der Waals surface area contributed by atoms with E-state index in [4.69, 9.17) is 15.2 Å². The second-order valence-corrected chi connectivity index (χ2v) is 5.60. The average molecular weight is 303 g/mol. The van der Waals surface area contributed by atoms with Gasteiger partial charge >= 0.3 is 0 Å². The van der Waals surface area contributed by atoms with Gasteiger partial charge in [-0.3, -0.25) is 0 Å². The van der Waals surface area contributed by atoms with Crippen LogP contribution in [0.15, 0.2) is 53.4 Å². The minimum absolute atomic E-state index is 0.504. The number of ether oxygens (including phenoxy) is 2. The number of rotatable bonds is 8. The van der Waals surface area contributed by atoms with Gasteiger partial charge in [-0.15, -0.1) is 11.8 Å². The van der Waals surface area contributed by atoms with Crippen LogP contribution in [0.3, 0.4) is 0 Å². The molecule has 3 nitrogen and oxygen atoms in total. The zero-order valence-electron chi connectivity index (χ0n) is 12.2. The van der Waals surface area contributed by atoms with E-state index in [1.807, 2.05) is 43.3 Å². The largest absolute Gasteiger partial charge is 0.490 e. The van der Waals surface area contributed by atoms with Gasteiger partial charge in [-0.1, -0.05) is 24.3 Å². The van der Waals surface area contributed by atoms with E-state index >= 15 is 0 Å². The van der Waals surface area contributed by atoms with Gasteiger partial charge in [0.25, 0.3) is 0 Å². The monoisotopic (exact) mass is 303 g/mol. The molecule has 21 heavy (non-hydrogen) atoms. The predicted molar refractivity (Wildman–Crippen MR) is 88.2 cm³/mol. The minimum Gasteiger partial charge on any atom is -0.490 e. The third kappa shape index (κ3) is 4.99. The van der Waals surface area contributed by atoms with Crippen LogP contribution in [0.2, 0.25) is 0 Å². The van der Waals surface area contributed by atoms with Crippen LogP contribution in [0.1, 0.15) is 12.5 Å². The summed E-state index contributed by atoms with van der Waals surface area (Å²) >= 11 is 1.78. The Kier molecular flexibility index (Phi) is 6.44. The molecule has 0 saturated carbocycles. The molecule has 2 aromatic carbocycles. The van der Waals surface area contributed by atoms with Crippen LogP contribution in [0, 0.1) is 0 Å². The SMILES string of the molecule is CCOc1cc(CN)ccc1OCCSc1ccccc1. The fourth-order valence-corrected chi connectivity index (χ4v) is 2.65. The molecule has 0 aliphatic rings. The standard InChI is InChI=1S/C17H21NO2S/c1-2-19-17-12-14(13-18)8-9-16(17)20-10-11-21-15-6-4-3-5-7-15/h3-9,12H,2,10-11,13,18H2,1H3. The van der Waals surface area contributed by atoms with Crippen molar-refractivity contribution in [3.05, 3.63) is 54.1 Å². The predicted octanol–water partition coefficient (Wildman–Crippen LogP) is 3.72. The van der Waals surface area contributed by atoms with Crippen molar-refractivity contribution in [2.75, 3.05) is 19.0 Å². The van der Waals surface area contributed by atoms with Crippen LogP contribution < -0.4 is 15.2 Å². The maximum Gasteiger partial charge on any atom is 0.161 e. The van der Waals surface area contributed by atoms with E-state index in [9.17, 15) is 0 Å². The van der Waals surface area contributed by atoms with Crippen molar-refractivity contribution in [1.82, 2.24) is 0 Å². The van der Waals surface area contributed by atoms with Crippen molar-refractivity contribution in [3.63, 3.8) is 0 Å². The Balaban J connectivity index is 1.87. The topological polar surface area (TPSA) is 44.5 Å². The number of benzene rings is 2. The third-order valence-electron chi connectivity index (χ3n) is 2.90. The number of hydrogen-bond donors (Lipinski definition) is 1. The van der Waals surface area contributed by atoms with Gasteiger partial charge < -0.3 is 15.2 Å². The van der Waals surface area contributed by atoms with E-state index in [0.717, 1.165) is 22.8 Å². The molecule has 0 aliphatic heterocycles. The first-order chi connectivity index (χ1) is 10.3. The summed E-state index contributed by atoms with van der Waals surface area (Å²) in [5.41, 5.74) is 6.70. The molecular formula is C17H21NO2S. The first-order valence-corrected chi connectivity index (χ1v) is 8.08. The Morgan fingerprint density at radius 2 is 1.81 bits per heavy atom. The van der Waals surface area contributed by atoms with Crippen LogP contribution in [-0.4, -0.2) is 19.0 Å². The van der Waals surface area contributed by atoms with Crippen molar-refractivity contribution < 1.29 is 9.47 Å². The van der Waals surface area contributed by atoms with Crippen LogP contribution in [0.5, 0.6) is 11.5 Å². The molecule has 2 rings (SSSR count). The molecule has 0 atom stereocenters. The lowest BCUT2D eigenvalue weighted by Gasteiger charge is -2.13. The van der Waals surface area contributed by atoms with Crippen LogP contribution in [0.25, 0.3) is 0 Å². The first-order valence-electron chi connectivity index (χ1n) is 7.10. The van der Waals surface area contributed by atoms with Gasteiger partial charge in [-0.05, 0) is 36.8 Å². The van der Waals surface area contributed by atoms with Crippen molar-refractivity contribution in [1.29, 1.82) is 0 Å². The first kappa shape index (κ1) is 15.7. The maximum atomic E-state index is 5.82. The van der Waals surface area contributed by atoms with Gasteiger partial charge in [-0.2, -0.15) is 0 Å². The highest BCUT2D eigenvalue weighted by atomic mass is 32.2. The Hall–Kier alpha value is -1.65. The van der Waals surface area contributed by atoms with Gasteiger partial charge in [0.05, 0.1) is 13.2 Å². The van der Waals surface area contributed by atoms with Crippen molar-refractivity contribution in [2.45, 2.75) is 18.4 Å². The highest BCUT2D eigenvalue weighted by molar-refractivity contribution is 7.99. The van der Waals surface area contributed by atoms with E-state index < -0.39 is 0 Å². The second kappa shape index (κ2) is 8.60. The van der Waals surface area contributed by atoms with E-state index in [1.165, 1.54) is 4.90 Å². The molecule has 0 bridgehead atoms. The van der Waals surface area contributed by atoms with E-state index in [-0.39, 0.29) is 0 Å². The lowest BCUT2D eigenvalue weighted by molar-refractivity contribution is 0.289. The molecule has 0 fully saturated rings. The molecule has 2 aromatic rings. The van der Waals surface area contributed by atoms with Crippen molar-refractivity contribution in [2.24, 2.45) is 5.73 Å². The molecule has 112 valence electrons. The van der Waals surface area contributed by atoms with Gasteiger partial charge in [0, 0.05) is 17.2 Å². The molecule has 0 aliphatic carbocycles. The maximum absolute atomic E-state index is 5.82. The lowest BCUT2D eigenvalue weighted by Crippen LogP contribution is -2.04. The Morgan fingerprint density at radius 1 is 1.00 bits per heavy atom. The van der Waals surface area contributed by atoms with Gasteiger partial charge in [0.2, 0.25) is 0 Å². The molecule has 0 radical (unpaired) electrons. The molecule has 0 spiro atoms. The smallest absolute Gasteiger partial charge is 0.161 e. The van der Waals surface area contributed by atoms with E-state index in [2.05, 4.69) is 12.1 Å². The van der Waals surface area contributed by atoms with E-state index in [1.54, 1.807) is 11.8 Å². The van der Waals surface area contributed by atoms with Gasteiger partial charge in [-0.25, -0.2) is 0 Å². The summed E-state index contributed by atoms with van der Waals surface area (Å²) in [6.07, 6.45) is 0. The minimum atomic E-state index is 0.504. The highest BCUT2D eigenvalue weighted by Gasteiger charge is 2.06. The van der Waals surface area contributed by atoms with Crippen LogP contribution in [0.4, 0.5) is 0 Å². The zero-order valence-corrected chi connectivity index (χ0v) is 13.1. The molecular weight excluding hydrogens is 282 g/mol. The molecule has 2 N–H and O–H groups in total. The van der Waals surface area contributed by atoms with Gasteiger partial charge in [0.1, 0.15) is 0 Å². The molecule has 0 amide bonds. The molecule has 0 heterocycles. The summed E-state index contributed by atoms with van der Waals surface area (Å²) < 4.78 is 11.4. The fourth-order valence-electron chi connectivity index (χ4n) is 1.89. The summed E-state index contributed by atoms with van der Waals surface area (Å²) in [6.45, 7) is 3.72. The Bertz CT molecular complexity index is 546. The lowest BCUT2D eigenvalue weighted by atomic mass is 10.2. The van der Waals surface area contributed by atoms with Crippen LogP contribution >= 0.6 is 11.8 Å². The summed E-state index contributed by atoms with van der Waals surface area (Å²) in [5, 5.41) is 0. The summed E-state index contributed by atoms with van der Waals surface area (Å²) in [7, 11) is 0. The van der Waals surface area contributed by atoms with Crippen LogP contribution in [-0.2, 0) is 6.54 Å². The summed E-state index contributed by atoms with van der Waals surface area (Å²) in [4.78, 5) is 1.25. The fraction of sp³-hybridized carbons (Fsp3) is 0.294. The molecule has 0 unspecified atom stereocenters. The average Bonchev–Trinajstić information content (AvgIpc) is 2.54. The number of hydrogen-bond acceptors (Lipinski definition) is 4. The molecule has 0 saturated heterocycles. The second-order valence-electron chi connectivity index (χ2n) is 4.43. The van der Waals surface area contributed by atoms with Gasteiger partial charge in [0.15, 0.2) is 11.5 Å². The van der Waals surface area contributed by atoms with Crippen molar-refractivity contribution >= 4 is 11.8 Å². The van der Waals surface area contributed by atoms with E-state index in [0.29, 0.717) is 19.8 Å². The normalized spacial score (nSPS) is 10.4. The Labute approximate surface area is 130 Å².